The van der Waals surface area contributed by atoms with Crippen LogP contribution in [0.15, 0.2) is 0 Å². The van der Waals surface area contributed by atoms with Crippen molar-refractivity contribution in [2.24, 2.45) is 17.6 Å². The Morgan fingerprint density at radius 3 is 2.08 bits per heavy atom. The predicted octanol–water partition coefficient (Wildman–Crippen LogP) is -1.00. The smallest absolute Gasteiger partial charge is 0.282 e. The minimum absolute atomic E-state index is 0.0331. The van der Waals surface area contributed by atoms with Crippen molar-refractivity contribution in [2.75, 3.05) is 66.0 Å². The van der Waals surface area contributed by atoms with Crippen LogP contribution in [0.3, 0.4) is 0 Å². The molecule has 3 fully saturated rings. The number of nitrogens with zero attached hydrogens (tertiary/aromatic N) is 4. The maximum absolute atomic E-state index is 12.8. The fraction of sp³-hybridized carbons (Fsp3) is 0.938. The number of amides is 1. The van der Waals surface area contributed by atoms with Gasteiger partial charge in [0.25, 0.3) is 10.2 Å². The molecule has 144 valence electrons. The van der Waals surface area contributed by atoms with Crippen molar-refractivity contribution in [2.45, 2.75) is 19.3 Å². The highest BCUT2D eigenvalue weighted by atomic mass is 32.2. The van der Waals surface area contributed by atoms with Gasteiger partial charge in [0, 0.05) is 58.3 Å². The molecule has 0 radical (unpaired) electrons. The van der Waals surface area contributed by atoms with Crippen molar-refractivity contribution < 1.29 is 13.2 Å². The lowest BCUT2D eigenvalue weighted by Gasteiger charge is -2.39. The van der Waals surface area contributed by atoms with E-state index in [9.17, 15) is 13.2 Å². The van der Waals surface area contributed by atoms with E-state index in [0.29, 0.717) is 51.7 Å². The van der Waals surface area contributed by atoms with Crippen molar-refractivity contribution in [3.8, 4) is 0 Å². The number of carbonyl (C=O) groups is 1. The summed E-state index contributed by atoms with van der Waals surface area (Å²) in [7, 11) is -1.40. The Balaban J connectivity index is 1.55. The lowest BCUT2D eigenvalue weighted by molar-refractivity contribution is -0.137. The Kier molecular flexibility index (Phi) is 5.99. The van der Waals surface area contributed by atoms with Gasteiger partial charge in [0.05, 0.1) is 0 Å². The van der Waals surface area contributed by atoms with Crippen LogP contribution in [-0.4, -0.2) is 98.7 Å². The molecule has 2 aliphatic heterocycles. The molecule has 3 rings (SSSR count). The normalized spacial score (nSPS) is 30.7. The van der Waals surface area contributed by atoms with E-state index in [0.717, 1.165) is 32.4 Å². The molecule has 3 aliphatic rings. The van der Waals surface area contributed by atoms with Gasteiger partial charge in [-0.3, -0.25) is 4.79 Å². The Morgan fingerprint density at radius 2 is 1.52 bits per heavy atom. The first-order chi connectivity index (χ1) is 11.9. The first-order valence-corrected chi connectivity index (χ1v) is 10.8. The van der Waals surface area contributed by atoms with Gasteiger partial charge in [-0.05, 0) is 32.4 Å². The lowest BCUT2D eigenvalue weighted by atomic mass is 9.94. The molecule has 0 aromatic carbocycles. The molecule has 1 aliphatic carbocycles. The third kappa shape index (κ3) is 4.00. The highest BCUT2D eigenvalue weighted by molar-refractivity contribution is 7.86. The quantitative estimate of drug-likeness (QED) is 0.683. The van der Waals surface area contributed by atoms with Crippen LogP contribution in [0.2, 0.25) is 0 Å². The average molecular weight is 374 g/mol. The second-order valence-electron chi connectivity index (χ2n) is 7.47. The van der Waals surface area contributed by atoms with Gasteiger partial charge in [0.2, 0.25) is 5.91 Å². The SMILES string of the molecule is CN1CCN(S(=O)(=O)N2CCN(C(=O)[C@@H]3CCC[C@@H]3CN)CC2)CC1. The minimum Gasteiger partial charge on any atom is -0.340 e. The predicted molar refractivity (Wildman–Crippen MR) is 96.0 cm³/mol. The van der Waals surface area contributed by atoms with E-state index in [1.165, 1.54) is 4.31 Å². The van der Waals surface area contributed by atoms with Gasteiger partial charge in [-0.25, -0.2) is 0 Å². The third-order valence-electron chi connectivity index (χ3n) is 5.94. The second-order valence-corrected chi connectivity index (χ2v) is 9.40. The molecule has 2 N–H and O–H groups in total. The first-order valence-electron chi connectivity index (χ1n) is 9.36. The van der Waals surface area contributed by atoms with Gasteiger partial charge in [-0.2, -0.15) is 17.0 Å². The fourth-order valence-electron chi connectivity index (χ4n) is 4.20. The van der Waals surface area contributed by atoms with Crippen LogP contribution in [0.4, 0.5) is 0 Å². The molecule has 0 unspecified atom stereocenters. The Hall–Kier alpha value is -0.740. The van der Waals surface area contributed by atoms with Crippen LogP contribution in [-0.2, 0) is 15.0 Å². The number of piperazine rings is 2. The summed E-state index contributed by atoms with van der Waals surface area (Å²) in [6.45, 7) is 4.92. The summed E-state index contributed by atoms with van der Waals surface area (Å²) in [4.78, 5) is 16.7. The second kappa shape index (κ2) is 7.87. The zero-order valence-electron chi connectivity index (χ0n) is 15.1. The fourth-order valence-corrected chi connectivity index (χ4v) is 5.78. The van der Waals surface area contributed by atoms with Crippen molar-refractivity contribution in [3.63, 3.8) is 0 Å². The number of nitrogens with two attached hydrogens (primary N) is 1. The highest BCUT2D eigenvalue weighted by Crippen LogP contribution is 2.32. The van der Waals surface area contributed by atoms with Crippen LogP contribution in [0.5, 0.6) is 0 Å². The van der Waals surface area contributed by atoms with Gasteiger partial charge in [-0.1, -0.05) is 6.42 Å². The number of rotatable bonds is 4. The maximum atomic E-state index is 12.8. The van der Waals surface area contributed by atoms with Crippen LogP contribution >= 0.6 is 0 Å². The molecule has 2 saturated heterocycles. The molecular formula is C16H31N5O3S. The monoisotopic (exact) mass is 373 g/mol. The van der Waals surface area contributed by atoms with Crippen LogP contribution in [0, 0.1) is 11.8 Å². The van der Waals surface area contributed by atoms with Gasteiger partial charge in [0.15, 0.2) is 0 Å². The lowest BCUT2D eigenvalue weighted by Crippen LogP contribution is -2.57. The van der Waals surface area contributed by atoms with E-state index >= 15 is 0 Å². The molecule has 0 aromatic rings. The number of likely N-dealkylation sites (N-methyl/N-ethyl adjacent to an activating group) is 1. The van der Waals surface area contributed by atoms with E-state index in [1.54, 1.807) is 4.31 Å². The van der Waals surface area contributed by atoms with E-state index < -0.39 is 10.2 Å². The molecular weight excluding hydrogens is 342 g/mol. The number of carbonyl (C=O) groups excluding carboxylic acids is 1. The number of hydrogen-bond donors (Lipinski definition) is 1. The summed E-state index contributed by atoms with van der Waals surface area (Å²) in [6.07, 6.45) is 3.02. The van der Waals surface area contributed by atoms with Gasteiger partial charge >= 0.3 is 0 Å². The van der Waals surface area contributed by atoms with E-state index in [2.05, 4.69) is 4.90 Å². The molecule has 0 spiro atoms. The highest BCUT2D eigenvalue weighted by Gasteiger charge is 2.38. The Labute approximate surface area is 151 Å². The van der Waals surface area contributed by atoms with Crippen LogP contribution in [0.25, 0.3) is 0 Å². The molecule has 1 amide bonds. The summed E-state index contributed by atoms with van der Waals surface area (Å²) < 4.78 is 28.7. The van der Waals surface area contributed by atoms with Gasteiger partial charge < -0.3 is 15.5 Å². The zero-order valence-corrected chi connectivity index (χ0v) is 16.0. The van der Waals surface area contributed by atoms with Crippen LogP contribution < -0.4 is 5.73 Å². The Morgan fingerprint density at radius 1 is 0.960 bits per heavy atom. The summed E-state index contributed by atoms with van der Waals surface area (Å²) in [5.41, 5.74) is 5.80. The van der Waals surface area contributed by atoms with E-state index in [4.69, 9.17) is 5.73 Å². The van der Waals surface area contributed by atoms with Crippen LogP contribution in [0.1, 0.15) is 19.3 Å². The third-order valence-corrected chi connectivity index (χ3v) is 7.98. The van der Waals surface area contributed by atoms with E-state index in [-0.39, 0.29) is 11.8 Å². The summed E-state index contributed by atoms with van der Waals surface area (Å²) in [5, 5.41) is 0. The maximum Gasteiger partial charge on any atom is 0.282 e. The molecule has 1 saturated carbocycles. The molecule has 8 nitrogen and oxygen atoms in total. The Bertz CT molecular complexity index is 568. The minimum atomic E-state index is -3.41. The van der Waals surface area contributed by atoms with Crippen molar-refractivity contribution >= 4 is 16.1 Å². The van der Waals surface area contributed by atoms with Gasteiger partial charge in [-0.15, -0.1) is 0 Å². The molecule has 2 heterocycles. The average Bonchev–Trinajstić information content (AvgIpc) is 3.10. The van der Waals surface area contributed by atoms with E-state index in [1.807, 2.05) is 11.9 Å². The number of hydrogen-bond acceptors (Lipinski definition) is 5. The summed E-state index contributed by atoms with van der Waals surface area (Å²) in [6, 6.07) is 0. The largest absolute Gasteiger partial charge is 0.340 e. The topological polar surface area (TPSA) is 90.2 Å². The summed E-state index contributed by atoms with van der Waals surface area (Å²) >= 11 is 0. The zero-order chi connectivity index (χ0) is 18.0. The molecule has 0 aromatic heterocycles. The molecule has 25 heavy (non-hydrogen) atoms. The molecule has 9 heteroatoms. The van der Waals surface area contributed by atoms with Crippen molar-refractivity contribution in [1.29, 1.82) is 0 Å². The first kappa shape index (κ1) is 19.0. The van der Waals surface area contributed by atoms with Crippen molar-refractivity contribution in [1.82, 2.24) is 18.4 Å². The molecule has 0 bridgehead atoms. The summed E-state index contributed by atoms with van der Waals surface area (Å²) in [5.74, 6) is 0.495. The standard InChI is InChI=1S/C16H31N5O3S/c1-18-5-9-20(10-6-18)25(23,24)21-11-7-19(8-12-21)16(22)15-4-2-3-14(15)13-17/h14-15H,2-13,17H2,1H3/t14-,15-/m1/s1. The van der Waals surface area contributed by atoms with Gasteiger partial charge in [0.1, 0.15) is 0 Å². The molecule has 2 atom stereocenters. The van der Waals surface area contributed by atoms with Crippen molar-refractivity contribution in [3.05, 3.63) is 0 Å².